The van der Waals surface area contributed by atoms with Gasteiger partial charge < -0.3 is 9.84 Å². The second kappa shape index (κ2) is 7.73. The summed E-state index contributed by atoms with van der Waals surface area (Å²) in [4.78, 5) is 36.8. The smallest absolute Gasteiger partial charge is 0.322 e. The minimum Gasteiger partial charge on any atom is -0.504 e. The van der Waals surface area contributed by atoms with E-state index < -0.39 is 21.8 Å². The lowest BCUT2D eigenvalue weighted by Gasteiger charge is -2.12. The molecule has 2 amide bonds. The Kier molecular flexibility index (Phi) is 5.36. The Hall–Kier alpha value is -3.33. The number of phenols is 1. The van der Waals surface area contributed by atoms with Gasteiger partial charge in [0.05, 0.1) is 29.0 Å². The lowest BCUT2D eigenvalue weighted by molar-refractivity contribution is -0.386. The molecular formula is C19H16N2O6S. The predicted octanol–water partition coefficient (Wildman–Crippen LogP) is 3.85. The number of aryl methyl sites for hydroxylation is 1. The number of nitro groups is 1. The van der Waals surface area contributed by atoms with Crippen LogP contribution in [0.3, 0.4) is 0 Å². The maximum Gasteiger partial charge on any atom is 0.322 e. The Morgan fingerprint density at radius 2 is 1.89 bits per heavy atom. The Morgan fingerprint density at radius 3 is 2.50 bits per heavy atom. The van der Waals surface area contributed by atoms with E-state index in [1.165, 1.54) is 25.3 Å². The van der Waals surface area contributed by atoms with Crippen molar-refractivity contribution in [2.75, 3.05) is 7.11 Å². The zero-order chi connectivity index (χ0) is 20.4. The summed E-state index contributed by atoms with van der Waals surface area (Å²) in [6.45, 7) is 2.05. The monoisotopic (exact) mass is 400 g/mol. The van der Waals surface area contributed by atoms with Gasteiger partial charge in [0.2, 0.25) is 5.75 Å². The fourth-order valence-corrected chi connectivity index (χ4v) is 3.56. The summed E-state index contributed by atoms with van der Waals surface area (Å²) >= 11 is 0.710. The topological polar surface area (TPSA) is 110 Å². The number of phenolic OH excluding ortho intramolecular Hbond substituents is 1. The maximum absolute atomic E-state index is 12.7. The van der Waals surface area contributed by atoms with Crippen molar-refractivity contribution in [2.24, 2.45) is 0 Å². The number of aromatic hydroxyl groups is 1. The highest BCUT2D eigenvalue weighted by atomic mass is 32.2. The first-order valence-corrected chi connectivity index (χ1v) is 8.98. The fraction of sp³-hybridized carbons (Fsp3) is 0.158. The van der Waals surface area contributed by atoms with Crippen LogP contribution >= 0.6 is 11.8 Å². The van der Waals surface area contributed by atoms with Crippen molar-refractivity contribution in [1.29, 1.82) is 0 Å². The molecule has 144 valence electrons. The highest BCUT2D eigenvalue weighted by Crippen LogP contribution is 2.41. The highest BCUT2D eigenvalue weighted by Gasteiger charge is 2.36. The SMILES string of the molecule is COc1c(O)ccc(/C=C2\SC(=O)N(Cc3ccc(C)cc3)C2=O)c1[N+](=O)[O-]. The van der Waals surface area contributed by atoms with Crippen molar-refractivity contribution in [2.45, 2.75) is 13.5 Å². The van der Waals surface area contributed by atoms with E-state index in [0.717, 1.165) is 16.0 Å². The first-order chi connectivity index (χ1) is 13.3. The molecule has 8 nitrogen and oxygen atoms in total. The zero-order valence-corrected chi connectivity index (χ0v) is 15.9. The van der Waals surface area contributed by atoms with Gasteiger partial charge in [-0.1, -0.05) is 29.8 Å². The van der Waals surface area contributed by atoms with Crippen molar-refractivity contribution in [3.8, 4) is 11.5 Å². The van der Waals surface area contributed by atoms with E-state index >= 15 is 0 Å². The van der Waals surface area contributed by atoms with Crippen molar-refractivity contribution in [3.05, 3.63) is 68.1 Å². The third kappa shape index (κ3) is 3.70. The number of nitro benzene ring substituents is 1. The summed E-state index contributed by atoms with van der Waals surface area (Å²) in [5.41, 5.74) is 1.44. The number of rotatable bonds is 5. The van der Waals surface area contributed by atoms with Crippen molar-refractivity contribution in [1.82, 2.24) is 4.90 Å². The fourth-order valence-electron chi connectivity index (χ4n) is 2.74. The molecule has 1 N–H and O–H groups in total. The summed E-state index contributed by atoms with van der Waals surface area (Å²) in [6, 6.07) is 9.96. The Labute approximate surface area is 164 Å². The average Bonchev–Trinajstić information content (AvgIpc) is 2.91. The second-order valence-corrected chi connectivity index (χ2v) is 7.06. The lowest BCUT2D eigenvalue weighted by Crippen LogP contribution is -2.27. The lowest BCUT2D eigenvalue weighted by atomic mass is 10.1. The second-order valence-electron chi connectivity index (χ2n) is 6.07. The van der Waals surface area contributed by atoms with Gasteiger partial charge >= 0.3 is 5.69 Å². The molecule has 1 heterocycles. The van der Waals surface area contributed by atoms with Crippen LogP contribution in [0.1, 0.15) is 16.7 Å². The average molecular weight is 400 g/mol. The minimum absolute atomic E-state index is 0.0560. The molecule has 1 aliphatic heterocycles. The van der Waals surface area contributed by atoms with Gasteiger partial charge in [0, 0.05) is 0 Å². The van der Waals surface area contributed by atoms with E-state index in [2.05, 4.69) is 0 Å². The molecule has 0 unspecified atom stereocenters. The molecule has 0 aromatic heterocycles. The van der Waals surface area contributed by atoms with Gasteiger partial charge in [-0.3, -0.25) is 24.6 Å². The number of amides is 2. The Morgan fingerprint density at radius 1 is 1.21 bits per heavy atom. The van der Waals surface area contributed by atoms with Crippen LogP contribution in [-0.2, 0) is 11.3 Å². The summed E-state index contributed by atoms with van der Waals surface area (Å²) < 4.78 is 4.91. The number of nitrogens with zero attached hydrogens (tertiary/aromatic N) is 2. The highest BCUT2D eigenvalue weighted by molar-refractivity contribution is 8.18. The molecule has 1 aliphatic rings. The molecule has 0 saturated carbocycles. The molecule has 3 rings (SSSR count). The van der Waals surface area contributed by atoms with E-state index in [4.69, 9.17) is 4.74 Å². The quantitative estimate of drug-likeness (QED) is 0.461. The molecule has 9 heteroatoms. The molecule has 1 saturated heterocycles. The number of imide groups is 1. The number of thioether (sulfide) groups is 1. The number of hydrogen-bond acceptors (Lipinski definition) is 7. The van der Waals surface area contributed by atoms with Crippen LogP contribution in [0.5, 0.6) is 11.5 Å². The minimum atomic E-state index is -0.707. The van der Waals surface area contributed by atoms with Gasteiger partial charge in [-0.25, -0.2) is 0 Å². The number of ether oxygens (including phenoxy) is 1. The first-order valence-electron chi connectivity index (χ1n) is 8.17. The molecule has 0 atom stereocenters. The Bertz CT molecular complexity index is 1000. The predicted molar refractivity (Wildman–Crippen MR) is 104 cm³/mol. The summed E-state index contributed by atoms with van der Waals surface area (Å²) in [7, 11) is 1.20. The summed E-state index contributed by atoms with van der Waals surface area (Å²) in [5, 5.41) is 20.7. The van der Waals surface area contributed by atoms with E-state index in [-0.39, 0.29) is 28.5 Å². The van der Waals surface area contributed by atoms with Gasteiger partial charge in [-0.2, -0.15) is 0 Å². The van der Waals surface area contributed by atoms with E-state index in [1.54, 1.807) is 0 Å². The van der Waals surface area contributed by atoms with Crippen LogP contribution in [-0.4, -0.2) is 33.2 Å². The third-order valence-corrected chi connectivity index (χ3v) is 5.06. The maximum atomic E-state index is 12.7. The molecule has 0 spiro atoms. The van der Waals surface area contributed by atoms with E-state index in [9.17, 15) is 24.8 Å². The molecule has 1 fully saturated rings. The standard InChI is InChI=1S/C19H16N2O6S/c1-11-3-5-12(6-4-11)10-20-18(23)15(28-19(20)24)9-13-7-8-14(22)17(27-2)16(13)21(25)26/h3-9,22H,10H2,1-2H3/b15-9-. The van der Waals surface area contributed by atoms with E-state index in [0.29, 0.717) is 11.8 Å². The number of hydrogen-bond donors (Lipinski definition) is 1. The number of carbonyl (C=O) groups excluding carboxylic acids is 2. The molecule has 28 heavy (non-hydrogen) atoms. The number of benzene rings is 2. The van der Waals surface area contributed by atoms with Gasteiger partial charge in [-0.15, -0.1) is 0 Å². The van der Waals surface area contributed by atoms with Crippen molar-refractivity contribution < 1.29 is 24.4 Å². The molecule has 2 aromatic rings. The van der Waals surface area contributed by atoms with Crippen LogP contribution in [0.2, 0.25) is 0 Å². The van der Waals surface area contributed by atoms with Crippen molar-refractivity contribution >= 4 is 34.7 Å². The van der Waals surface area contributed by atoms with Crippen LogP contribution in [0.25, 0.3) is 6.08 Å². The number of methoxy groups -OCH3 is 1. The van der Waals surface area contributed by atoms with Gasteiger partial charge in [-0.05, 0) is 42.5 Å². The number of carbonyl (C=O) groups is 2. The third-order valence-electron chi connectivity index (χ3n) is 4.15. The first kappa shape index (κ1) is 19.4. The normalized spacial score (nSPS) is 15.4. The summed E-state index contributed by atoms with van der Waals surface area (Å²) in [6.07, 6.45) is 1.26. The van der Waals surface area contributed by atoms with Crippen LogP contribution in [0.4, 0.5) is 10.5 Å². The molecule has 0 radical (unpaired) electrons. The largest absolute Gasteiger partial charge is 0.504 e. The zero-order valence-electron chi connectivity index (χ0n) is 15.0. The van der Waals surface area contributed by atoms with Gasteiger partial charge in [0.25, 0.3) is 11.1 Å². The van der Waals surface area contributed by atoms with Gasteiger partial charge in [0.15, 0.2) is 5.75 Å². The van der Waals surface area contributed by atoms with E-state index in [1.807, 2.05) is 31.2 Å². The molecule has 2 aromatic carbocycles. The van der Waals surface area contributed by atoms with Crippen molar-refractivity contribution in [3.63, 3.8) is 0 Å². The van der Waals surface area contributed by atoms with Crippen LogP contribution < -0.4 is 4.74 Å². The molecular weight excluding hydrogens is 384 g/mol. The summed E-state index contributed by atoms with van der Waals surface area (Å²) in [5.74, 6) is -1.23. The van der Waals surface area contributed by atoms with Gasteiger partial charge in [0.1, 0.15) is 0 Å². The molecule has 0 bridgehead atoms. The van der Waals surface area contributed by atoms with Crippen LogP contribution in [0.15, 0.2) is 41.3 Å². The van der Waals surface area contributed by atoms with Crippen LogP contribution in [0, 0.1) is 17.0 Å². The molecule has 0 aliphatic carbocycles. The Balaban J connectivity index is 1.94.